The summed E-state index contributed by atoms with van der Waals surface area (Å²) in [5, 5.41) is 1.03. The van der Waals surface area contributed by atoms with Crippen LogP contribution < -0.4 is 0 Å². The van der Waals surface area contributed by atoms with Crippen molar-refractivity contribution in [3.63, 3.8) is 0 Å². The van der Waals surface area contributed by atoms with Gasteiger partial charge < -0.3 is 4.42 Å². The predicted molar refractivity (Wildman–Crippen MR) is 79.5 cm³/mol. The van der Waals surface area contributed by atoms with E-state index in [1.165, 1.54) is 5.56 Å². The highest BCUT2D eigenvalue weighted by Gasteiger charge is 2.13. The summed E-state index contributed by atoms with van der Waals surface area (Å²) in [6, 6.07) is 16.2. The topological polar surface area (TPSA) is 38.9 Å². The molecule has 3 heteroatoms. The number of hydrogen-bond acceptors (Lipinski definition) is 3. The van der Waals surface area contributed by atoms with Crippen LogP contribution in [0.1, 0.15) is 5.56 Å². The zero-order valence-electron chi connectivity index (χ0n) is 11.0. The Balaban J connectivity index is 2.07. The fraction of sp³-hybridized carbons (Fsp3) is 0.0588. The van der Waals surface area contributed by atoms with Crippen molar-refractivity contribution in [3.05, 3.63) is 60.4 Å². The highest BCUT2D eigenvalue weighted by molar-refractivity contribution is 6.06. The van der Waals surface area contributed by atoms with E-state index in [9.17, 15) is 0 Å². The van der Waals surface area contributed by atoms with Gasteiger partial charge in [0.25, 0.3) is 0 Å². The Morgan fingerprint density at radius 2 is 1.70 bits per heavy atom. The van der Waals surface area contributed by atoms with Gasteiger partial charge in [-0.1, -0.05) is 42.0 Å². The van der Waals surface area contributed by atoms with Crippen molar-refractivity contribution in [2.24, 2.45) is 0 Å². The summed E-state index contributed by atoms with van der Waals surface area (Å²) in [4.78, 5) is 8.77. The van der Waals surface area contributed by atoms with E-state index in [2.05, 4.69) is 41.2 Å². The third kappa shape index (κ3) is 1.60. The number of hydrogen-bond donors (Lipinski definition) is 0. The van der Waals surface area contributed by atoms with Crippen LogP contribution in [0.15, 0.2) is 59.3 Å². The van der Waals surface area contributed by atoms with Crippen molar-refractivity contribution in [1.29, 1.82) is 0 Å². The van der Waals surface area contributed by atoms with Crippen LogP contribution in [-0.4, -0.2) is 9.97 Å². The van der Waals surface area contributed by atoms with E-state index in [0.29, 0.717) is 0 Å². The lowest BCUT2D eigenvalue weighted by atomic mass is 10.1. The summed E-state index contributed by atoms with van der Waals surface area (Å²) in [5.74, 6) is 0. The standard InChI is InChI=1S/C17H12N2O/c1-11-6-8-12(9-7-11)15-17-16(19-10-18-15)13-4-2-3-5-14(13)20-17/h2-10H,1H3. The lowest BCUT2D eigenvalue weighted by Crippen LogP contribution is -1.86. The van der Waals surface area contributed by atoms with E-state index < -0.39 is 0 Å². The van der Waals surface area contributed by atoms with E-state index in [4.69, 9.17) is 4.42 Å². The predicted octanol–water partition coefficient (Wildman–Crippen LogP) is 4.35. The van der Waals surface area contributed by atoms with Crippen molar-refractivity contribution < 1.29 is 4.42 Å². The molecule has 2 heterocycles. The van der Waals surface area contributed by atoms with Crippen molar-refractivity contribution in [1.82, 2.24) is 9.97 Å². The van der Waals surface area contributed by atoms with Gasteiger partial charge in [0.05, 0.1) is 0 Å². The maximum absolute atomic E-state index is 5.94. The van der Waals surface area contributed by atoms with Crippen molar-refractivity contribution in [2.75, 3.05) is 0 Å². The molecule has 20 heavy (non-hydrogen) atoms. The molecular weight excluding hydrogens is 248 g/mol. The smallest absolute Gasteiger partial charge is 0.180 e. The number of furan rings is 1. The molecule has 0 bridgehead atoms. The maximum atomic E-state index is 5.94. The summed E-state index contributed by atoms with van der Waals surface area (Å²) >= 11 is 0. The lowest BCUT2D eigenvalue weighted by Gasteiger charge is -2.01. The Hall–Kier alpha value is -2.68. The van der Waals surface area contributed by atoms with Crippen LogP contribution in [-0.2, 0) is 0 Å². The van der Waals surface area contributed by atoms with Crippen LogP contribution in [0.2, 0.25) is 0 Å². The Bertz CT molecular complexity index is 907. The first-order valence-electron chi connectivity index (χ1n) is 6.52. The molecule has 4 rings (SSSR count). The molecule has 0 unspecified atom stereocenters. The molecule has 0 atom stereocenters. The summed E-state index contributed by atoms with van der Waals surface area (Å²) < 4.78 is 5.94. The third-order valence-corrected chi connectivity index (χ3v) is 3.48. The summed E-state index contributed by atoms with van der Waals surface area (Å²) in [6.45, 7) is 2.07. The van der Waals surface area contributed by atoms with E-state index in [0.717, 1.165) is 33.3 Å². The average molecular weight is 260 g/mol. The van der Waals surface area contributed by atoms with Crippen molar-refractivity contribution >= 4 is 22.1 Å². The maximum Gasteiger partial charge on any atom is 0.180 e. The lowest BCUT2D eigenvalue weighted by molar-refractivity contribution is 0.667. The van der Waals surface area contributed by atoms with Gasteiger partial charge in [-0.05, 0) is 19.1 Å². The van der Waals surface area contributed by atoms with Gasteiger partial charge in [-0.2, -0.15) is 0 Å². The number of para-hydroxylation sites is 1. The molecule has 0 amide bonds. The van der Waals surface area contributed by atoms with E-state index >= 15 is 0 Å². The molecule has 0 aliphatic carbocycles. The summed E-state index contributed by atoms with van der Waals surface area (Å²) in [7, 11) is 0. The van der Waals surface area contributed by atoms with E-state index in [1.54, 1.807) is 6.33 Å². The van der Waals surface area contributed by atoms with Gasteiger partial charge in [0.2, 0.25) is 0 Å². The zero-order chi connectivity index (χ0) is 13.5. The summed E-state index contributed by atoms with van der Waals surface area (Å²) in [6.07, 6.45) is 1.60. The molecule has 2 aromatic heterocycles. The third-order valence-electron chi connectivity index (χ3n) is 3.48. The highest BCUT2D eigenvalue weighted by atomic mass is 16.3. The van der Waals surface area contributed by atoms with Gasteiger partial charge in [-0.15, -0.1) is 0 Å². The molecule has 4 aromatic rings. The first-order chi connectivity index (χ1) is 9.83. The van der Waals surface area contributed by atoms with Crippen molar-refractivity contribution in [3.8, 4) is 11.3 Å². The number of fused-ring (bicyclic) bond motifs is 3. The minimum atomic E-state index is 0.748. The van der Waals surface area contributed by atoms with Crippen LogP contribution in [0.4, 0.5) is 0 Å². The van der Waals surface area contributed by atoms with Gasteiger partial charge in [0.1, 0.15) is 23.1 Å². The van der Waals surface area contributed by atoms with Gasteiger partial charge >= 0.3 is 0 Å². The molecule has 96 valence electrons. The monoisotopic (exact) mass is 260 g/mol. The Morgan fingerprint density at radius 1 is 0.900 bits per heavy atom. The Labute approximate surface area is 115 Å². The molecule has 0 saturated carbocycles. The molecule has 0 aliphatic rings. The van der Waals surface area contributed by atoms with Gasteiger partial charge in [0.15, 0.2) is 5.58 Å². The highest BCUT2D eigenvalue weighted by Crippen LogP contribution is 2.32. The molecule has 0 fully saturated rings. The molecule has 0 aliphatic heterocycles. The second kappa shape index (κ2) is 4.17. The van der Waals surface area contributed by atoms with Crippen LogP contribution in [0.3, 0.4) is 0 Å². The minimum absolute atomic E-state index is 0.748. The van der Waals surface area contributed by atoms with Gasteiger partial charge in [-0.3, -0.25) is 0 Å². The fourth-order valence-electron chi connectivity index (χ4n) is 2.44. The molecule has 0 spiro atoms. The molecular formula is C17H12N2O. The number of rotatable bonds is 1. The quantitative estimate of drug-likeness (QED) is 0.510. The van der Waals surface area contributed by atoms with E-state index in [1.807, 2.05) is 24.3 Å². The largest absolute Gasteiger partial charge is 0.452 e. The summed E-state index contributed by atoms with van der Waals surface area (Å²) in [5.41, 5.74) is 5.57. The van der Waals surface area contributed by atoms with E-state index in [-0.39, 0.29) is 0 Å². The number of benzene rings is 2. The minimum Gasteiger partial charge on any atom is -0.452 e. The molecule has 0 saturated heterocycles. The molecule has 0 N–H and O–H groups in total. The SMILES string of the molecule is Cc1ccc(-c2ncnc3c2oc2ccccc23)cc1. The number of aryl methyl sites for hydroxylation is 1. The van der Waals surface area contributed by atoms with Crippen LogP contribution in [0, 0.1) is 6.92 Å². The molecule has 0 radical (unpaired) electrons. The second-order valence-corrected chi connectivity index (χ2v) is 4.86. The normalized spacial score (nSPS) is 11.2. The average Bonchev–Trinajstić information content (AvgIpc) is 2.87. The second-order valence-electron chi connectivity index (χ2n) is 4.86. The Morgan fingerprint density at radius 3 is 2.55 bits per heavy atom. The van der Waals surface area contributed by atoms with Crippen LogP contribution in [0.25, 0.3) is 33.3 Å². The number of aromatic nitrogens is 2. The van der Waals surface area contributed by atoms with Crippen LogP contribution >= 0.6 is 0 Å². The van der Waals surface area contributed by atoms with Gasteiger partial charge in [-0.25, -0.2) is 9.97 Å². The van der Waals surface area contributed by atoms with Crippen LogP contribution in [0.5, 0.6) is 0 Å². The van der Waals surface area contributed by atoms with Gasteiger partial charge in [0, 0.05) is 10.9 Å². The molecule has 3 nitrogen and oxygen atoms in total. The first-order valence-corrected chi connectivity index (χ1v) is 6.52. The zero-order valence-corrected chi connectivity index (χ0v) is 11.0. The molecule has 2 aromatic carbocycles. The van der Waals surface area contributed by atoms with Crippen molar-refractivity contribution in [2.45, 2.75) is 6.92 Å². The first kappa shape index (κ1) is 11.2. The fourth-order valence-corrected chi connectivity index (χ4v) is 2.44. The Kier molecular flexibility index (Phi) is 2.33. The number of nitrogens with zero attached hydrogens (tertiary/aromatic N) is 2.